The molecule has 0 saturated heterocycles. The van der Waals surface area contributed by atoms with Crippen molar-refractivity contribution < 1.29 is 22.7 Å². The van der Waals surface area contributed by atoms with Crippen molar-refractivity contribution in [2.45, 2.75) is 11.8 Å². The van der Waals surface area contributed by atoms with Gasteiger partial charge in [-0.3, -0.25) is 0 Å². The molecule has 1 heterocycles. The molecule has 1 N–H and O–H groups in total. The quantitative estimate of drug-likeness (QED) is 0.485. The Bertz CT molecular complexity index is 1090. The molecule has 0 radical (unpaired) electrons. The van der Waals surface area contributed by atoms with E-state index in [4.69, 9.17) is 9.47 Å². The van der Waals surface area contributed by atoms with Crippen LogP contribution in [0.1, 0.15) is 16.1 Å². The first kappa shape index (κ1) is 19.9. The van der Waals surface area contributed by atoms with E-state index in [0.29, 0.717) is 11.3 Å². The maximum atomic E-state index is 12.4. The number of fused-ring (bicyclic) bond motifs is 1. The number of hydrogen-bond donors (Lipinski definition) is 1. The molecule has 0 aliphatic rings. The highest BCUT2D eigenvalue weighted by Gasteiger charge is 2.18. The maximum Gasteiger partial charge on any atom is 0.340 e. The van der Waals surface area contributed by atoms with Crippen molar-refractivity contribution in [1.82, 2.24) is 9.29 Å². The summed E-state index contributed by atoms with van der Waals surface area (Å²) < 4.78 is 36.1. The van der Waals surface area contributed by atoms with Crippen molar-refractivity contribution in [3.8, 4) is 5.75 Å². The third-order valence-corrected chi connectivity index (χ3v) is 6.11. The summed E-state index contributed by atoms with van der Waals surface area (Å²) in [4.78, 5) is 15.8. The molecule has 0 amide bonds. The minimum absolute atomic E-state index is 0.0789. The Balaban J connectivity index is 1.56. The fourth-order valence-electron chi connectivity index (χ4n) is 2.82. The number of aromatic nitrogens is 1. The van der Waals surface area contributed by atoms with Crippen LogP contribution in [-0.2, 0) is 14.8 Å². The van der Waals surface area contributed by atoms with Crippen molar-refractivity contribution in [3.63, 3.8) is 0 Å². The molecule has 8 heteroatoms. The van der Waals surface area contributed by atoms with Gasteiger partial charge in [-0.15, -0.1) is 0 Å². The largest absolute Gasteiger partial charge is 0.490 e. The highest BCUT2D eigenvalue weighted by molar-refractivity contribution is 7.89. The lowest BCUT2D eigenvalue weighted by molar-refractivity contribution is 0.0452. The van der Waals surface area contributed by atoms with Crippen molar-refractivity contribution in [2.75, 3.05) is 27.3 Å². The summed E-state index contributed by atoms with van der Waals surface area (Å²) in [6.07, 6.45) is 0. The molecule has 0 atom stereocenters. The van der Waals surface area contributed by atoms with Gasteiger partial charge in [0.2, 0.25) is 10.0 Å². The zero-order valence-corrected chi connectivity index (χ0v) is 16.7. The Labute approximate surface area is 163 Å². The van der Waals surface area contributed by atoms with Gasteiger partial charge in [0, 0.05) is 30.7 Å². The van der Waals surface area contributed by atoms with Crippen LogP contribution < -0.4 is 4.74 Å². The number of para-hydroxylation sites is 1. The molecule has 2 aromatic carbocycles. The van der Waals surface area contributed by atoms with Crippen molar-refractivity contribution in [3.05, 3.63) is 59.8 Å². The van der Waals surface area contributed by atoms with Gasteiger partial charge in [-0.1, -0.05) is 18.2 Å². The van der Waals surface area contributed by atoms with Crippen LogP contribution in [0.5, 0.6) is 5.75 Å². The number of rotatable bonds is 7. The number of H-pyrrole nitrogens is 1. The Morgan fingerprint density at radius 1 is 1.04 bits per heavy atom. The van der Waals surface area contributed by atoms with Gasteiger partial charge in [0.15, 0.2) is 0 Å². The maximum absolute atomic E-state index is 12.4. The number of benzene rings is 2. The molecule has 7 nitrogen and oxygen atoms in total. The monoisotopic (exact) mass is 402 g/mol. The zero-order valence-electron chi connectivity index (χ0n) is 15.9. The molecule has 3 aromatic rings. The van der Waals surface area contributed by atoms with Gasteiger partial charge >= 0.3 is 5.97 Å². The summed E-state index contributed by atoms with van der Waals surface area (Å²) in [7, 11) is -0.520. The fraction of sp³-hybridized carbons (Fsp3) is 0.250. The predicted octanol–water partition coefficient (Wildman–Crippen LogP) is 2.96. The van der Waals surface area contributed by atoms with Crippen LogP contribution in [0.15, 0.2) is 53.4 Å². The minimum atomic E-state index is -3.47. The second kappa shape index (κ2) is 8.04. The molecular weight excluding hydrogens is 380 g/mol. The van der Waals surface area contributed by atoms with Crippen LogP contribution in [0.4, 0.5) is 0 Å². The third-order valence-electron chi connectivity index (χ3n) is 4.29. The lowest BCUT2D eigenvalue weighted by Crippen LogP contribution is -2.22. The van der Waals surface area contributed by atoms with Crippen LogP contribution in [0, 0.1) is 6.92 Å². The standard InChI is InChI=1S/C20H22N2O5S/c1-14-19(17-6-4-5-7-18(17)21-14)20(23)27-13-12-26-15-8-10-16(11-9-15)28(24,25)22(2)3/h4-11,21H,12-13H2,1-3H3. The summed E-state index contributed by atoms with van der Waals surface area (Å²) in [6, 6.07) is 13.6. The van der Waals surface area contributed by atoms with E-state index in [9.17, 15) is 13.2 Å². The topological polar surface area (TPSA) is 88.7 Å². The Kier molecular flexibility index (Phi) is 5.71. The number of carbonyl (C=O) groups excluding carboxylic acids is 1. The van der Waals surface area contributed by atoms with E-state index in [1.165, 1.54) is 26.2 Å². The lowest BCUT2D eigenvalue weighted by Gasteiger charge is -2.12. The van der Waals surface area contributed by atoms with Crippen molar-refractivity contribution in [2.24, 2.45) is 0 Å². The first-order chi connectivity index (χ1) is 13.3. The van der Waals surface area contributed by atoms with Gasteiger partial charge in [-0.25, -0.2) is 17.5 Å². The first-order valence-corrected chi connectivity index (χ1v) is 10.1. The van der Waals surface area contributed by atoms with E-state index in [1.54, 1.807) is 12.1 Å². The molecule has 0 fully saturated rings. The second-order valence-corrected chi connectivity index (χ2v) is 8.57. The number of aryl methyl sites for hydroxylation is 1. The molecule has 0 aliphatic heterocycles. The van der Waals surface area contributed by atoms with Crippen LogP contribution in [-0.4, -0.2) is 51.0 Å². The molecule has 0 bridgehead atoms. The first-order valence-electron chi connectivity index (χ1n) is 8.70. The Morgan fingerprint density at radius 2 is 1.71 bits per heavy atom. The van der Waals surface area contributed by atoms with Crippen molar-refractivity contribution in [1.29, 1.82) is 0 Å². The summed E-state index contributed by atoms with van der Waals surface area (Å²) in [6.45, 7) is 2.07. The second-order valence-electron chi connectivity index (χ2n) is 6.41. The van der Waals surface area contributed by atoms with E-state index < -0.39 is 16.0 Å². The van der Waals surface area contributed by atoms with E-state index in [-0.39, 0.29) is 18.1 Å². The van der Waals surface area contributed by atoms with E-state index in [2.05, 4.69) is 4.98 Å². The number of nitrogens with zero attached hydrogens (tertiary/aromatic N) is 1. The molecule has 28 heavy (non-hydrogen) atoms. The third kappa shape index (κ3) is 4.02. The summed E-state index contributed by atoms with van der Waals surface area (Å²) in [5.74, 6) is 0.0861. The number of ether oxygens (including phenoxy) is 2. The highest BCUT2D eigenvalue weighted by Crippen LogP contribution is 2.22. The van der Waals surface area contributed by atoms with Gasteiger partial charge in [0.25, 0.3) is 0 Å². The Morgan fingerprint density at radius 3 is 2.39 bits per heavy atom. The Hall–Kier alpha value is -2.84. The predicted molar refractivity (Wildman–Crippen MR) is 106 cm³/mol. The average Bonchev–Trinajstić information content (AvgIpc) is 3.01. The number of sulfonamides is 1. The number of carbonyl (C=O) groups is 1. The van der Waals surface area contributed by atoms with Gasteiger partial charge in [-0.05, 0) is 37.3 Å². The molecule has 3 rings (SSSR count). The molecule has 0 spiro atoms. The van der Waals surface area contributed by atoms with Crippen LogP contribution in [0.3, 0.4) is 0 Å². The van der Waals surface area contributed by atoms with Crippen LogP contribution in [0.2, 0.25) is 0 Å². The average molecular weight is 402 g/mol. The SMILES string of the molecule is Cc1[nH]c2ccccc2c1C(=O)OCCOc1ccc(S(=O)(=O)N(C)C)cc1. The van der Waals surface area contributed by atoms with E-state index in [0.717, 1.165) is 20.9 Å². The number of esters is 1. The molecule has 0 unspecified atom stereocenters. The normalized spacial score (nSPS) is 11.7. The van der Waals surface area contributed by atoms with E-state index in [1.807, 2.05) is 31.2 Å². The van der Waals surface area contributed by atoms with Gasteiger partial charge in [0.05, 0.1) is 10.5 Å². The number of nitrogens with one attached hydrogen (secondary N) is 1. The summed E-state index contributed by atoms with van der Waals surface area (Å²) in [5, 5.41) is 0.823. The molecule has 1 aromatic heterocycles. The van der Waals surface area contributed by atoms with Gasteiger partial charge < -0.3 is 14.5 Å². The zero-order chi connectivity index (χ0) is 20.3. The van der Waals surface area contributed by atoms with Crippen LogP contribution in [0.25, 0.3) is 10.9 Å². The summed E-state index contributed by atoms with van der Waals surface area (Å²) in [5.41, 5.74) is 2.16. The number of aromatic amines is 1. The minimum Gasteiger partial charge on any atom is -0.490 e. The van der Waals surface area contributed by atoms with Gasteiger partial charge in [0.1, 0.15) is 19.0 Å². The smallest absolute Gasteiger partial charge is 0.340 e. The van der Waals surface area contributed by atoms with Gasteiger partial charge in [-0.2, -0.15) is 0 Å². The molecule has 0 aliphatic carbocycles. The molecule has 148 valence electrons. The fourth-order valence-corrected chi connectivity index (χ4v) is 3.73. The van der Waals surface area contributed by atoms with Crippen molar-refractivity contribution >= 4 is 26.9 Å². The molecule has 0 saturated carbocycles. The molecular formula is C20H22N2O5S. The summed E-state index contributed by atoms with van der Waals surface area (Å²) >= 11 is 0. The highest BCUT2D eigenvalue weighted by atomic mass is 32.2. The number of hydrogen-bond acceptors (Lipinski definition) is 5. The van der Waals surface area contributed by atoms with Crippen LogP contribution >= 0.6 is 0 Å². The lowest BCUT2D eigenvalue weighted by atomic mass is 10.1. The van der Waals surface area contributed by atoms with E-state index >= 15 is 0 Å².